The second-order valence-corrected chi connectivity index (χ2v) is 9.60. The number of aliphatic hydroxyl groups is 1. The molecule has 0 radical (unpaired) electrons. The maximum absolute atomic E-state index is 13.0. The van der Waals surface area contributed by atoms with Crippen LogP contribution in [0.15, 0.2) is 36.7 Å². The molecule has 1 aromatic heterocycles. The number of hydrogen-bond acceptors (Lipinski definition) is 6. The van der Waals surface area contributed by atoms with Gasteiger partial charge in [0.15, 0.2) is 6.10 Å². The van der Waals surface area contributed by atoms with E-state index in [1.54, 1.807) is 18.3 Å². The first-order chi connectivity index (χ1) is 13.5. The van der Waals surface area contributed by atoms with Crippen molar-refractivity contribution >= 4 is 5.97 Å². The van der Waals surface area contributed by atoms with Crippen molar-refractivity contribution in [3.63, 3.8) is 0 Å². The molecule has 3 aliphatic rings. The molecule has 2 aliphatic carbocycles. The maximum Gasteiger partial charge on any atom is 0.336 e. The highest BCUT2D eigenvalue weighted by atomic mass is 16.8. The van der Waals surface area contributed by atoms with Crippen LogP contribution in [0.2, 0.25) is 0 Å². The Kier molecular flexibility index (Phi) is 4.68. The molecule has 1 aliphatic heterocycles. The lowest BCUT2D eigenvalue weighted by Crippen LogP contribution is -2.53. The molecule has 2 heterocycles. The van der Waals surface area contributed by atoms with E-state index in [1.165, 1.54) is 6.20 Å². The number of aromatic nitrogens is 1. The van der Waals surface area contributed by atoms with E-state index in [9.17, 15) is 9.90 Å². The number of carbonyl (C=O) groups excluding carboxylic acids is 1. The van der Waals surface area contributed by atoms with E-state index in [1.807, 2.05) is 13.8 Å². The molecule has 7 atom stereocenters. The van der Waals surface area contributed by atoms with Crippen LogP contribution >= 0.6 is 0 Å². The van der Waals surface area contributed by atoms with Crippen LogP contribution in [0.3, 0.4) is 0 Å². The van der Waals surface area contributed by atoms with Gasteiger partial charge in [0.2, 0.25) is 5.79 Å². The van der Waals surface area contributed by atoms with Gasteiger partial charge in [-0.1, -0.05) is 33.4 Å². The monoisotopic (exact) mass is 401 g/mol. The molecule has 4 rings (SSSR count). The molecule has 1 saturated heterocycles. The SMILES string of the molecule is C=C(C(=O)O[C@@H]1C2(O[C@@H](C)[C@@H](C)O2)[C@H]2CC[C@]1(C)C2(C)C)C(O)c1cccnc1. The Morgan fingerprint density at radius 2 is 1.97 bits per heavy atom. The number of rotatable bonds is 4. The fourth-order valence-corrected chi connectivity index (χ4v) is 5.66. The number of ether oxygens (including phenoxy) is 3. The number of esters is 1. The number of aliphatic hydroxyl groups excluding tert-OH is 1. The van der Waals surface area contributed by atoms with Gasteiger partial charge in [-0.05, 0) is 38.2 Å². The molecule has 1 aromatic rings. The average molecular weight is 402 g/mol. The van der Waals surface area contributed by atoms with Crippen LogP contribution in [0.4, 0.5) is 0 Å². The standard InChI is InChI=1S/C23H31NO5/c1-13(18(25)16-8-7-11-24-12-16)19(26)27-20-22(6)10-9-17(21(22,4)5)23(20)28-14(2)15(3)29-23/h7-8,11-12,14-15,17-18,20,25H,1,9-10H2,2-6H3/t14-,15+,17-,18?,20-,22-,23?/m0/s1. The molecular weight excluding hydrogens is 370 g/mol. The summed E-state index contributed by atoms with van der Waals surface area (Å²) in [5, 5.41) is 10.6. The summed E-state index contributed by atoms with van der Waals surface area (Å²) < 4.78 is 18.8. The van der Waals surface area contributed by atoms with E-state index in [-0.39, 0.29) is 34.5 Å². The third-order valence-corrected chi connectivity index (χ3v) is 7.94. The largest absolute Gasteiger partial charge is 0.453 e. The molecule has 0 aromatic carbocycles. The van der Waals surface area contributed by atoms with E-state index in [4.69, 9.17) is 14.2 Å². The molecule has 158 valence electrons. The Morgan fingerprint density at radius 3 is 2.55 bits per heavy atom. The van der Waals surface area contributed by atoms with Crippen molar-refractivity contribution in [2.45, 2.75) is 77.7 Å². The number of pyridine rings is 1. The zero-order valence-electron chi connectivity index (χ0n) is 17.8. The van der Waals surface area contributed by atoms with Crippen LogP contribution in [-0.2, 0) is 19.0 Å². The average Bonchev–Trinajstić information content (AvgIpc) is 3.15. The van der Waals surface area contributed by atoms with Crippen molar-refractivity contribution < 1.29 is 24.1 Å². The summed E-state index contributed by atoms with van der Waals surface area (Å²) >= 11 is 0. The number of hydrogen-bond donors (Lipinski definition) is 1. The van der Waals surface area contributed by atoms with E-state index in [0.717, 1.165) is 12.8 Å². The topological polar surface area (TPSA) is 77.9 Å². The van der Waals surface area contributed by atoms with Gasteiger partial charge in [-0.3, -0.25) is 4.98 Å². The van der Waals surface area contributed by atoms with Crippen LogP contribution in [0, 0.1) is 16.7 Å². The second kappa shape index (κ2) is 6.62. The number of nitrogens with zero attached hydrogens (tertiary/aromatic N) is 1. The lowest BCUT2D eigenvalue weighted by Gasteiger charge is -2.42. The van der Waals surface area contributed by atoms with Crippen molar-refractivity contribution in [2.75, 3.05) is 0 Å². The van der Waals surface area contributed by atoms with Gasteiger partial charge in [0, 0.05) is 29.3 Å². The Bertz CT molecular complexity index is 812. The molecule has 6 nitrogen and oxygen atoms in total. The third-order valence-electron chi connectivity index (χ3n) is 7.94. The minimum absolute atomic E-state index is 0.0172. The minimum atomic E-state index is -1.17. The first kappa shape index (κ1) is 20.5. The molecule has 2 unspecified atom stereocenters. The van der Waals surface area contributed by atoms with Gasteiger partial charge in [0.05, 0.1) is 17.8 Å². The lowest BCUT2D eigenvalue weighted by atomic mass is 9.70. The van der Waals surface area contributed by atoms with E-state index in [0.29, 0.717) is 5.56 Å². The predicted octanol–water partition coefficient (Wildman–Crippen LogP) is 3.56. The summed E-state index contributed by atoms with van der Waals surface area (Å²) in [6.45, 7) is 14.4. The van der Waals surface area contributed by atoms with Crippen LogP contribution in [0.5, 0.6) is 0 Å². The van der Waals surface area contributed by atoms with Crippen molar-refractivity contribution in [2.24, 2.45) is 16.7 Å². The normalized spacial score (nSPS) is 40.9. The van der Waals surface area contributed by atoms with E-state index < -0.39 is 24.0 Å². The summed E-state index contributed by atoms with van der Waals surface area (Å²) in [4.78, 5) is 17.0. The van der Waals surface area contributed by atoms with Gasteiger partial charge >= 0.3 is 5.97 Å². The van der Waals surface area contributed by atoms with Crippen LogP contribution < -0.4 is 0 Å². The van der Waals surface area contributed by atoms with E-state index in [2.05, 4.69) is 32.3 Å². The zero-order valence-corrected chi connectivity index (χ0v) is 17.8. The Balaban J connectivity index is 1.62. The fourth-order valence-electron chi connectivity index (χ4n) is 5.66. The molecule has 0 amide bonds. The summed E-state index contributed by atoms with van der Waals surface area (Å²) in [5.41, 5.74) is 0.0671. The Hall–Kier alpha value is -1.76. The first-order valence-corrected chi connectivity index (χ1v) is 10.4. The molecule has 1 spiro atoms. The van der Waals surface area contributed by atoms with Crippen molar-refractivity contribution in [1.29, 1.82) is 0 Å². The summed E-state index contributed by atoms with van der Waals surface area (Å²) in [7, 11) is 0. The van der Waals surface area contributed by atoms with Gasteiger partial charge in [0.1, 0.15) is 6.10 Å². The van der Waals surface area contributed by atoms with Crippen LogP contribution in [0.25, 0.3) is 0 Å². The van der Waals surface area contributed by atoms with Gasteiger partial charge in [-0.2, -0.15) is 0 Å². The molecule has 1 N–H and O–H groups in total. The van der Waals surface area contributed by atoms with Gasteiger partial charge < -0.3 is 19.3 Å². The highest BCUT2D eigenvalue weighted by Gasteiger charge is 2.78. The van der Waals surface area contributed by atoms with E-state index >= 15 is 0 Å². The molecule has 29 heavy (non-hydrogen) atoms. The van der Waals surface area contributed by atoms with Crippen molar-refractivity contribution in [1.82, 2.24) is 4.98 Å². The molecule has 6 heteroatoms. The van der Waals surface area contributed by atoms with Crippen molar-refractivity contribution in [3.8, 4) is 0 Å². The molecule has 3 fully saturated rings. The van der Waals surface area contributed by atoms with Crippen LogP contribution in [-0.4, -0.2) is 40.2 Å². The summed E-state index contributed by atoms with van der Waals surface area (Å²) in [6, 6.07) is 3.40. The van der Waals surface area contributed by atoms with Gasteiger partial charge in [-0.15, -0.1) is 0 Å². The highest BCUT2D eigenvalue weighted by Crippen LogP contribution is 2.72. The predicted molar refractivity (Wildman–Crippen MR) is 107 cm³/mol. The summed E-state index contributed by atoms with van der Waals surface area (Å²) in [6.07, 6.45) is 3.11. The highest BCUT2D eigenvalue weighted by molar-refractivity contribution is 5.89. The Morgan fingerprint density at radius 1 is 1.31 bits per heavy atom. The van der Waals surface area contributed by atoms with Gasteiger partial charge in [-0.25, -0.2) is 4.79 Å². The number of carbonyl (C=O) groups is 1. The second-order valence-electron chi connectivity index (χ2n) is 9.60. The fraction of sp³-hybridized carbons (Fsp3) is 0.652. The maximum atomic E-state index is 13.0. The van der Waals surface area contributed by atoms with Crippen molar-refractivity contribution in [3.05, 3.63) is 42.2 Å². The lowest BCUT2D eigenvalue weighted by molar-refractivity contribution is -0.270. The Labute approximate surface area is 172 Å². The first-order valence-electron chi connectivity index (χ1n) is 10.4. The smallest absolute Gasteiger partial charge is 0.336 e. The number of fused-ring (bicyclic) bond motifs is 3. The third kappa shape index (κ3) is 2.72. The summed E-state index contributed by atoms with van der Waals surface area (Å²) in [5.74, 6) is -1.46. The quantitative estimate of drug-likeness (QED) is 0.614. The molecule has 2 bridgehead atoms. The molecular formula is C23H31NO5. The molecule has 2 saturated carbocycles. The van der Waals surface area contributed by atoms with Gasteiger partial charge in [0.25, 0.3) is 0 Å². The van der Waals surface area contributed by atoms with Crippen LogP contribution in [0.1, 0.15) is 59.1 Å². The minimum Gasteiger partial charge on any atom is -0.453 e. The zero-order chi connectivity index (χ0) is 21.2.